The summed E-state index contributed by atoms with van der Waals surface area (Å²) in [6.45, 7) is 8.34. The Morgan fingerprint density at radius 1 is 1.29 bits per heavy atom. The van der Waals surface area contributed by atoms with Gasteiger partial charge in [0.25, 0.3) is 5.91 Å². The van der Waals surface area contributed by atoms with E-state index in [0.717, 1.165) is 70.8 Å². The van der Waals surface area contributed by atoms with Crippen LogP contribution in [0.5, 0.6) is 0 Å². The molecule has 0 saturated carbocycles. The fourth-order valence-corrected chi connectivity index (χ4v) is 3.67. The molecule has 3 heterocycles. The van der Waals surface area contributed by atoms with Crippen molar-refractivity contribution in [1.82, 2.24) is 9.80 Å². The van der Waals surface area contributed by atoms with Crippen molar-refractivity contribution >= 4 is 5.91 Å². The topological polar surface area (TPSA) is 42.0 Å². The molecule has 3 aliphatic rings. The summed E-state index contributed by atoms with van der Waals surface area (Å²) in [5.74, 6) is 0.765. The maximum atomic E-state index is 12.6. The summed E-state index contributed by atoms with van der Waals surface area (Å²) in [4.78, 5) is 17.2. The van der Waals surface area contributed by atoms with Crippen LogP contribution in [0.25, 0.3) is 0 Å². The van der Waals surface area contributed by atoms with Gasteiger partial charge in [0.05, 0.1) is 31.7 Å². The van der Waals surface area contributed by atoms with Crippen LogP contribution in [0, 0.1) is 5.92 Å². The fraction of sp³-hybridized carbons (Fsp3) is 0.812. The number of carbonyl (C=O) groups excluding carboxylic acids is 1. The van der Waals surface area contributed by atoms with E-state index in [4.69, 9.17) is 9.47 Å². The highest BCUT2D eigenvalue weighted by Crippen LogP contribution is 2.27. The second kappa shape index (κ2) is 6.79. The molecule has 0 aromatic rings. The Balaban J connectivity index is 1.65. The summed E-state index contributed by atoms with van der Waals surface area (Å²) >= 11 is 0. The molecule has 21 heavy (non-hydrogen) atoms. The molecule has 2 fully saturated rings. The number of ether oxygens (including phenoxy) is 2. The quantitative estimate of drug-likeness (QED) is 0.785. The predicted octanol–water partition coefficient (Wildman–Crippen LogP) is 1.25. The van der Waals surface area contributed by atoms with E-state index in [1.54, 1.807) is 6.26 Å². The van der Waals surface area contributed by atoms with Gasteiger partial charge in [-0.3, -0.25) is 9.69 Å². The highest BCUT2D eigenvalue weighted by atomic mass is 16.5. The summed E-state index contributed by atoms with van der Waals surface area (Å²) in [5.41, 5.74) is 0.846. The zero-order valence-electron chi connectivity index (χ0n) is 12.9. The third-order valence-electron chi connectivity index (χ3n) is 4.94. The minimum Gasteiger partial charge on any atom is -0.501 e. The van der Waals surface area contributed by atoms with Crippen molar-refractivity contribution in [3.63, 3.8) is 0 Å². The monoisotopic (exact) mass is 294 g/mol. The van der Waals surface area contributed by atoms with Gasteiger partial charge in [-0.1, -0.05) is 13.3 Å². The van der Waals surface area contributed by atoms with Gasteiger partial charge in [0.15, 0.2) is 0 Å². The molecule has 3 aliphatic heterocycles. The van der Waals surface area contributed by atoms with E-state index in [0.29, 0.717) is 12.0 Å². The predicted molar refractivity (Wildman–Crippen MR) is 79.8 cm³/mol. The Bertz CT molecular complexity index is 404. The normalized spacial score (nSPS) is 30.9. The summed E-state index contributed by atoms with van der Waals surface area (Å²) in [6, 6.07) is 0.493. The number of morpholine rings is 1. The first-order chi connectivity index (χ1) is 10.3. The average molecular weight is 294 g/mol. The zero-order chi connectivity index (χ0) is 14.7. The molecule has 0 N–H and O–H groups in total. The molecular formula is C16H26N2O3. The summed E-state index contributed by atoms with van der Waals surface area (Å²) in [6.07, 6.45) is 4.61. The molecule has 0 bridgehead atoms. The Morgan fingerprint density at radius 2 is 2.10 bits per heavy atom. The number of rotatable bonds is 3. The van der Waals surface area contributed by atoms with Gasteiger partial charge in [0.2, 0.25) is 0 Å². The number of hydrogen-bond acceptors (Lipinski definition) is 4. The maximum Gasteiger partial charge on any atom is 0.252 e. The van der Waals surface area contributed by atoms with Crippen molar-refractivity contribution in [3.8, 4) is 0 Å². The number of nitrogens with zero attached hydrogens (tertiary/aromatic N) is 2. The summed E-state index contributed by atoms with van der Waals surface area (Å²) in [5, 5.41) is 0. The number of amides is 1. The van der Waals surface area contributed by atoms with Gasteiger partial charge in [0.1, 0.15) is 0 Å². The van der Waals surface area contributed by atoms with Crippen molar-refractivity contribution in [2.75, 3.05) is 46.0 Å². The van der Waals surface area contributed by atoms with Crippen molar-refractivity contribution in [3.05, 3.63) is 11.8 Å². The first-order valence-electron chi connectivity index (χ1n) is 8.21. The molecule has 0 spiro atoms. The Labute approximate surface area is 126 Å². The van der Waals surface area contributed by atoms with Gasteiger partial charge in [-0.05, 0) is 18.8 Å². The number of likely N-dealkylation sites (tertiary alicyclic amines) is 1. The zero-order valence-corrected chi connectivity index (χ0v) is 12.9. The van der Waals surface area contributed by atoms with E-state index in [1.165, 1.54) is 0 Å². The molecule has 2 saturated heterocycles. The number of hydrogen-bond donors (Lipinski definition) is 0. The Hall–Kier alpha value is -1.07. The van der Waals surface area contributed by atoms with Crippen molar-refractivity contribution in [2.45, 2.75) is 32.2 Å². The third-order valence-corrected chi connectivity index (χ3v) is 4.94. The highest BCUT2D eigenvalue weighted by Gasteiger charge is 2.38. The fourth-order valence-electron chi connectivity index (χ4n) is 3.67. The summed E-state index contributed by atoms with van der Waals surface area (Å²) in [7, 11) is 0. The minimum atomic E-state index is 0.184. The van der Waals surface area contributed by atoms with Crippen molar-refractivity contribution in [2.24, 2.45) is 5.92 Å². The molecule has 2 atom stereocenters. The lowest BCUT2D eigenvalue weighted by molar-refractivity contribution is -0.127. The lowest BCUT2D eigenvalue weighted by Gasteiger charge is -2.34. The van der Waals surface area contributed by atoms with Gasteiger partial charge in [-0.25, -0.2) is 0 Å². The molecule has 0 unspecified atom stereocenters. The van der Waals surface area contributed by atoms with Crippen LogP contribution in [0.3, 0.4) is 0 Å². The second-order valence-corrected chi connectivity index (χ2v) is 6.21. The van der Waals surface area contributed by atoms with Gasteiger partial charge in [-0.15, -0.1) is 0 Å². The number of carbonyl (C=O) groups is 1. The van der Waals surface area contributed by atoms with E-state index in [1.807, 2.05) is 4.90 Å². The molecular weight excluding hydrogens is 268 g/mol. The average Bonchev–Trinajstić information content (AvgIpc) is 3.00. The SMILES string of the molecule is CC[C@H]1CN(C(=O)C2=COCCC2)C[C@H]1N1CCOCC1. The lowest BCUT2D eigenvalue weighted by Crippen LogP contribution is -2.47. The van der Waals surface area contributed by atoms with Gasteiger partial charge < -0.3 is 14.4 Å². The molecule has 0 radical (unpaired) electrons. The van der Waals surface area contributed by atoms with Crippen molar-refractivity contribution in [1.29, 1.82) is 0 Å². The molecule has 0 aromatic heterocycles. The third kappa shape index (κ3) is 3.24. The molecule has 118 valence electrons. The van der Waals surface area contributed by atoms with Crippen LogP contribution in [-0.4, -0.2) is 67.7 Å². The van der Waals surface area contributed by atoms with E-state index < -0.39 is 0 Å². The largest absolute Gasteiger partial charge is 0.501 e. The smallest absolute Gasteiger partial charge is 0.252 e. The van der Waals surface area contributed by atoms with Crippen LogP contribution in [0.15, 0.2) is 11.8 Å². The molecule has 1 amide bonds. The second-order valence-electron chi connectivity index (χ2n) is 6.21. The molecule has 3 rings (SSSR count). The van der Waals surface area contributed by atoms with Crippen LogP contribution in [0.1, 0.15) is 26.2 Å². The maximum absolute atomic E-state index is 12.6. The van der Waals surface area contributed by atoms with Gasteiger partial charge >= 0.3 is 0 Å². The first kappa shape index (κ1) is 14.9. The molecule has 5 nitrogen and oxygen atoms in total. The van der Waals surface area contributed by atoms with Crippen LogP contribution in [0.2, 0.25) is 0 Å². The van der Waals surface area contributed by atoms with Crippen LogP contribution < -0.4 is 0 Å². The van der Waals surface area contributed by atoms with E-state index in [9.17, 15) is 4.79 Å². The highest BCUT2D eigenvalue weighted by molar-refractivity contribution is 5.93. The van der Waals surface area contributed by atoms with Crippen LogP contribution in [-0.2, 0) is 14.3 Å². The Kier molecular flexibility index (Phi) is 4.80. The van der Waals surface area contributed by atoms with E-state index in [2.05, 4.69) is 11.8 Å². The first-order valence-corrected chi connectivity index (χ1v) is 8.21. The van der Waals surface area contributed by atoms with Gasteiger partial charge in [-0.2, -0.15) is 0 Å². The molecule has 0 aromatic carbocycles. The molecule has 5 heteroatoms. The lowest BCUT2D eigenvalue weighted by atomic mass is 9.99. The van der Waals surface area contributed by atoms with Crippen LogP contribution >= 0.6 is 0 Å². The van der Waals surface area contributed by atoms with Crippen LogP contribution in [0.4, 0.5) is 0 Å². The van der Waals surface area contributed by atoms with Crippen molar-refractivity contribution < 1.29 is 14.3 Å². The Morgan fingerprint density at radius 3 is 2.76 bits per heavy atom. The van der Waals surface area contributed by atoms with E-state index >= 15 is 0 Å². The standard InChI is InChI=1S/C16H26N2O3/c1-2-13-10-18(16(19)14-4-3-7-21-12-14)11-15(13)17-5-8-20-9-6-17/h12-13,15H,2-11H2,1H3/t13-,15+/m0/s1. The van der Waals surface area contributed by atoms with Gasteiger partial charge in [0, 0.05) is 32.2 Å². The molecule has 0 aliphatic carbocycles. The minimum absolute atomic E-state index is 0.184. The summed E-state index contributed by atoms with van der Waals surface area (Å²) < 4.78 is 10.8. The van der Waals surface area contributed by atoms with E-state index in [-0.39, 0.29) is 5.91 Å².